The summed E-state index contributed by atoms with van der Waals surface area (Å²) in [6.07, 6.45) is 5.66. The monoisotopic (exact) mass is 374 g/mol. The maximum atomic E-state index is 9.39. The molecule has 1 aromatic carbocycles. The number of hydrogen-bond donors (Lipinski definition) is 2. The van der Waals surface area contributed by atoms with Crippen molar-refractivity contribution in [2.45, 2.75) is 18.9 Å². The summed E-state index contributed by atoms with van der Waals surface area (Å²) >= 11 is 0. The summed E-state index contributed by atoms with van der Waals surface area (Å²) in [5.41, 5.74) is 3.66. The first kappa shape index (κ1) is 18.0. The zero-order valence-electron chi connectivity index (χ0n) is 15.7. The van der Waals surface area contributed by atoms with E-state index in [-0.39, 0.29) is 6.04 Å². The fourth-order valence-corrected chi connectivity index (χ4v) is 3.23. The molecule has 0 saturated carbocycles. The van der Waals surface area contributed by atoms with Crippen LogP contribution < -0.4 is 10.6 Å². The Hall–Kier alpha value is -3.37. The largest absolute Gasteiger partial charge is 0.381 e. The van der Waals surface area contributed by atoms with Gasteiger partial charge in [0, 0.05) is 43.8 Å². The van der Waals surface area contributed by atoms with Crippen LogP contribution in [0.1, 0.15) is 18.4 Å². The molecule has 1 aliphatic heterocycles. The molecule has 0 radical (unpaired) electrons. The quantitative estimate of drug-likeness (QED) is 0.708. The van der Waals surface area contributed by atoms with Gasteiger partial charge in [0.15, 0.2) is 0 Å². The Bertz CT molecular complexity index is 983. The molecule has 142 valence electrons. The van der Waals surface area contributed by atoms with Crippen LogP contribution in [0.5, 0.6) is 0 Å². The van der Waals surface area contributed by atoms with Crippen LogP contribution >= 0.6 is 0 Å². The smallest absolute Gasteiger partial charge is 0.146 e. The van der Waals surface area contributed by atoms with Gasteiger partial charge in [-0.15, -0.1) is 0 Å². The van der Waals surface area contributed by atoms with Gasteiger partial charge in [-0.1, -0.05) is 12.1 Å². The van der Waals surface area contributed by atoms with Crippen molar-refractivity contribution < 1.29 is 4.74 Å². The third kappa shape index (κ3) is 4.13. The van der Waals surface area contributed by atoms with Gasteiger partial charge in [0.05, 0.1) is 11.8 Å². The van der Waals surface area contributed by atoms with E-state index in [9.17, 15) is 5.26 Å². The van der Waals surface area contributed by atoms with Gasteiger partial charge in [-0.25, -0.2) is 4.98 Å². The van der Waals surface area contributed by atoms with E-state index in [1.54, 1.807) is 10.7 Å². The summed E-state index contributed by atoms with van der Waals surface area (Å²) in [4.78, 5) is 4.62. The SMILES string of the molecule is Cn1cc(-c2ccc(Nc3ccc(C#N)c(NC4CCOCC4)n3)cc2)cn1. The number of aromatic nitrogens is 3. The summed E-state index contributed by atoms with van der Waals surface area (Å²) in [6.45, 7) is 1.47. The lowest BCUT2D eigenvalue weighted by atomic mass is 10.1. The third-order valence-electron chi connectivity index (χ3n) is 4.77. The topological polar surface area (TPSA) is 87.8 Å². The fourth-order valence-electron chi connectivity index (χ4n) is 3.23. The first-order valence-corrected chi connectivity index (χ1v) is 9.33. The van der Waals surface area contributed by atoms with Gasteiger partial charge in [0.25, 0.3) is 0 Å². The molecule has 0 unspecified atom stereocenters. The second-order valence-electron chi connectivity index (χ2n) is 6.84. The van der Waals surface area contributed by atoms with Crippen molar-refractivity contribution in [2.24, 2.45) is 7.05 Å². The van der Waals surface area contributed by atoms with Crippen molar-refractivity contribution in [1.82, 2.24) is 14.8 Å². The van der Waals surface area contributed by atoms with Crippen LogP contribution in [0.25, 0.3) is 11.1 Å². The van der Waals surface area contributed by atoms with Gasteiger partial charge in [0.1, 0.15) is 17.7 Å². The van der Waals surface area contributed by atoms with Crippen LogP contribution in [0, 0.1) is 11.3 Å². The molecule has 7 heteroatoms. The van der Waals surface area contributed by atoms with E-state index < -0.39 is 0 Å². The molecule has 7 nitrogen and oxygen atoms in total. The first-order chi connectivity index (χ1) is 13.7. The van der Waals surface area contributed by atoms with Gasteiger partial charge in [-0.3, -0.25) is 4.68 Å². The lowest BCUT2D eigenvalue weighted by Crippen LogP contribution is -2.28. The Morgan fingerprint density at radius 3 is 2.57 bits per heavy atom. The number of anilines is 3. The maximum Gasteiger partial charge on any atom is 0.146 e. The highest BCUT2D eigenvalue weighted by Crippen LogP contribution is 2.24. The molecular weight excluding hydrogens is 352 g/mol. The van der Waals surface area contributed by atoms with Gasteiger partial charge in [0.2, 0.25) is 0 Å². The molecular formula is C21H22N6O. The molecule has 4 rings (SSSR count). The molecule has 0 spiro atoms. The van der Waals surface area contributed by atoms with E-state index in [1.165, 1.54) is 0 Å². The Labute approximate surface area is 164 Å². The Morgan fingerprint density at radius 2 is 1.89 bits per heavy atom. The van der Waals surface area contributed by atoms with Crippen LogP contribution in [0.15, 0.2) is 48.8 Å². The first-order valence-electron chi connectivity index (χ1n) is 9.33. The second-order valence-corrected chi connectivity index (χ2v) is 6.84. The highest BCUT2D eigenvalue weighted by atomic mass is 16.5. The van der Waals surface area contributed by atoms with Crippen molar-refractivity contribution in [3.05, 3.63) is 54.4 Å². The van der Waals surface area contributed by atoms with E-state index >= 15 is 0 Å². The molecule has 0 aliphatic carbocycles. The minimum atomic E-state index is 0.280. The number of benzene rings is 1. The lowest BCUT2D eigenvalue weighted by Gasteiger charge is -2.24. The standard InChI is InChI=1S/C21H22N6O/c1-27-14-17(13-23-27)15-2-5-18(6-3-15)24-20-7-4-16(12-22)21(26-20)25-19-8-10-28-11-9-19/h2-7,13-14,19H,8-11H2,1H3,(H2,24,25,26). The predicted octanol–water partition coefficient (Wildman–Crippen LogP) is 3.69. The van der Waals surface area contributed by atoms with Crippen molar-refractivity contribution >= 4 is 17.3 Å². The number of aryl methyl sites for hydroxylation is 1. The van der Waals surface area contributed by atoms with Gasteiger partial charge >= 0.3 is 0 Å². The van der Waals surface area contributed by atoms with E-state index in [1.807, 2.05) is 49.8 Å². The normalized spacial score (nSPS) is 14.4. The Kier molecular flexibility index (Phi) is 5.22. The molecule has 2 N–H and O–H groups in total. The highest BCUT2D eigenvalue weighted by molar-refractivity contribution is 5.67. The van der Waals surface area contributed by atoms with Crippen molar-refractivity contribution in [3.63, 3.8) is 0 Å². The molecule has 3 aromatic rings. The summed E-state index contributed by atoms with van der Waals surface area (Å²) in [6, 6.07) is 14.2. The summed E-state index contributed by atoms with van der Waals surface area (Å²) in [5, 5.41) is 20.3. The van der Waals surface area contributed by atoms with Gasteiger partial charge in [-0.2, -0.15) is 10.4 Å². The molecule has 1 aliphatic rings. The molecule has 0 atom stereocenters. The molecule has 0 bridgehead atoms. The van der Waals surface area contributed by atoms with Crippen molar-refractivity contribution in [1.29, 1.82) is 5.26 Å². The average molecular weight is 374 g/mol. The number of hydrogen-bond acceptors (Lipinski definition) is 6. The van der Waals surface area contributed by atoms with Crippen LogP contribution in [-0.4, -0.2) is 34.0 Å². The average Bonchev–Trinajstić information content (AvgIpc) is 3.16. The molecule has 28 heavy (non-hydrogen) atoms. The van der Waals surface area contributed by atoms with Crippen LogP contribution in [-0.2, 0) is 11.8 Å². The number of pyridine rings is 1. The zero-order valence-corrected chi connectivity index (χ0v) is 15.7. The fraction of sp³-hybridized carbons (Fsp3) is 0.286. The minimum Gasteiger partial charge on any atom is -0.381 e. The molecule has 1 saturated heterocycles. The van der Waals surface area contributed by atoms with E-state index in [2.05, 4.69) is 26.8 Å². The van der Waals surface area contributed by atoms with E-state index in [0.29, 0.717) is 17.2 Å². The summed E-state index contributed by atoms with van der Waals surface area (Å²) < 4.78 is 7.18. The van der Waals surface area contributed by atoms with Gasteiger partial charge < -0.3 is 15.4 Å². The number of nitrogens with zero attached hydrogens (tertiary/aromatic N) is 4. The van der Waals surface area contributed by atoms with E-state index in [4.69, 9.17) is 4.74 Å². The number of nitrogens with one attached hydrogen (secondary N) is 2. The second kappa shape index (κ2) is 8.11. The molecule has 2 aromatic heterocycles. The van der Waals surface area contributed by atoms with E-state index in [0.717, 1.165) is 42.9 Å². The van der Waals surface area contributed by atoms with Crippen LogP contribution in [0.2, 0.25) is 0 Å². The lowest BCUT2D eigenvalue weighted by molar-refractivity contribution is 0.0904. The van der Waals surface area contributed by atoms with Gasteiger partial charge in [-0.05, 0) is 42.7 Å². The number of ether oxygens (including phenoxy) is 1. The third-order valence-corrected chi connectivity index (χ3v) is 4.77. The molecule has 0 amide bonds. The Morgan fingerprint density at radius 1 is 1.11 bits per heavy atom. The van der Waals surface area contributed by atoms with Crippen LogP contribution in [0.4, 0.5) is 17.3 Å². The van der Waals surface area contributed by atoms with Crippen molar-refractivity contribution in [3.8, 4) is 17.2 Å². The number of nitriles is 1. The number of rotatable bonds is 5. The van der Waals surface area contributed by atoms with Crippen molar-refractivity contribution in [2.75, 3.05) is 23.8 Å². The highest BCUT2D eigenvalue weighted by Gasteiger charge is 2.16. The predicted molar refractivity (Wildman–Crippen MR) is 108 cm³/mol. The zero-order chi connectivity index (χ0) is 19.3. The Balaban J connectivity index is 1.49. The maximum absolute atomic E-state index is 9.39. The molecule has 3 heterocycles. The van der Waals surface area contributed by atoms with Crippen LogP contribution in [0.3, 0.4) is 0 Å². The molecule has 1 fully saturated rings. The summed E-state index contributed by atoms with van der Waals surface area (Å²) in [7, 11) is 1.90. The summed E-state index contributed by atoms with van der Waals surface area (Å²) in [5.74, 6) is 1.31. The minimum absolute atomic E-state index is 0.280.